The number of nitrogens with one attached hydrogen (secondary N) is 1. The minimum Gasteiger partial charge on any atom is -0.394 e. The number of carbonyl (C=O) groups is 1. The summed E-state index contributed by atoms with van der Waals surface area (Å²) < 4.78 is 0. The average Bonchev–Trinajstić information content (AvgIpc) is 2.12. The molecule has 0 fully saturated rings. The molecule has 1 aliphatic heterocycles. The van der Waals surface area contributed by atoms with Crippen molar-refractivity contribution in [2.75, 3.05) is 13.2 Å². The second-order valence-corrected chi connectivity index (χ2v) is 2.64. The molecule has 1 heterocycles. The maximum Gasteiger partial charge on any atom is 0.348 e. The first-order valence-electron chi connectivity index (χ1n) is 4.00. The molecule has 1 unspecified atom stereocenters. The van der Waals surface area contributed by atoms with E-state index in [1.165, 1.54) is 0 Å². The van der Waals surface area contributed by atoms with Crippen LogP contribution in [0, 0.1) is 10.1 Å². The van der Waals surface area contributed by atoms with Crippen molar-refractivity contribution in [3.8, 4) is 0 Å². The molecule has 0 aromatic rings. The summed E-state index contributed by atoms with van der Waals surface area (Å²) >= 11 is 0. The average molecular weight is 215 g/mol. The summed E-state index contributed by atoms with van der Waals surface area (Å²) in [6.07, 6.45) is 0. The highest BCUT2D eigenvalue weighted by Gasteiger charge is 2.39. The lowest BCUT2D eigenvalue weighted by Gasteiger charge is -2.14. The van der Waals surface area contributed by atoms with Crippen molar-refractivity contribution < 1.29 is 14.8 Å². The number of amides is 1. The van der Waals surface area contributed by atoms with Crippen LogP contribution in [0.15, 0.2) is 9.98 Å². The van der Waals surface area contributed by atoms with Crippen LogP contribution in [0.1, 0.15) is 0 Å². The number of rotatable bonds is 3. The Morgan fingerprint density at radius 1 is 1.73 bits per heavy atom. The van der Waals surface area contributed by atoms with Crippen molar-refractivity contribution in [3.05, 3.63) is 10.1 Å². The van der Waals surface area contributed by atoms with E-state index >= 15 is 0 Å². The molecule has 0 spiro atoms. The van der Waals surface area contributed by atoms with Crippen LogP contribution in [-0.2, 0) is 4.79 Å². The molecule has 0 radical (unpaired) electrons. The van der Waals surface area contributed by atoms with Crippen LogP contribution in [0.4, 0.5) is 0 Å². The van der Waals surface area contributed by atoms with Crippen LogP contribution in [0.5, 0.6) is 0 Å². The predicted octanol–water partition coefficient (Wildman–Crippen LogP) is -2.53. The number of nitrogens with zero attached hydrogens (tertiary/aromatic N) is 3. The molecule has 15 heavy (non-hydrogen) atoms. The van der Waals surface area contributed by atoms with E-state index < -0.39 is 16.9 Å². The zero-order valence-corrected chi connectivity index (χ0v) is 7.58. The summed E-state index contributed by atoms with van der Waals surface area (Å²) in [5.74, 6) is -1.42. The van der Waals surface area contributed by atoms with Gasteiger partial charge in [-0.2, -0.15) is 4.99 Å². The highest BCUT2D eigenvalue weighted by atomic mass is 16.6. The van der Waals surface area contributed by atoms with E-state index in [-0.39, 0.29) is 24.9 Å². The largest absolute Gasteiger partial charge is 0.394 e. The fourth-order valence-electron chi connectivity index (χ4n) is 1.00. The van der Waals surface area contributed by atoms with Crippen LogP contribution < -0.4 is 11.1 Å². The Hall–Kier alpha value is -2.03. The molecule has 9 nitrogen and oxygen atoms in total. The minimum atomic E-state index is -1.66. The summed E-state index contributed by atoms with van der Waals surface area (Å²) in [4.78, 5) is 28.0. The molecule has 4 N–H and O–H groups in total. The fourth-order valence-corrected chi connectivity index (χ4v) is 1.00. The van der Waals surface area contributed by atoms with E-state index in [9.17, 15) is 14.9 Å². The van der Waals surface area contributed by atoms with Gasteiger partial charge in [0.2, 0.25) is 11.8 Å². The van der Waals surface area contributed by atoms with Crippen molar-refractivity contribution in [2.45, 2.75) is 6.04 Å². The number of guanidine groups is 1. The lowest BCUT2D eigenvalue weighted by atomic mass is 10.2. The third-order valence-corrected chi connectivity index (χ3v) is 1.56. The van der Waals surface area contributed by atoms with Crippen LogP contribution >= 0.6 is 0 Å². The molecule has 0 aromatic carbocycles. The molecule has 0 saturated heterocycles. The smallest absolute Gasteiger partial charge is 0.348 e. The zero-order chi connectivity index (χ0) is 11.4. The Kier molecular flexibility index (Phi) is 3.29. The van der Waals surface area contributed by atoms with Crippen molar-refractivity contribution >= 4 is 17.7 Å². The first kappa shape index (κ1) is 11.0. The van der Waals surface area contributed by atoms with Crippen LogP contribution in [0.25, 0.3) is 0 Å². The molecule has 1 rings (SSSR count). The normalized spacial score (nSPS) is 23.5. The Morgan fingerprint density at radius 2 is 2.40 bits per heavy atom. The lowest BCUT2D eigenvalue weighted by molar-refractivity contribution is -0.489. The van der Waals surface area contributed by atoms with Gasteiger partial charge in [-0.1, -0.05) is 0 Å². The molecule has 1 amide bonds. The number of hydrogen-bond acceptors (Lipinski definition) is 6. The number of nitrogens with two attached hydrogens (primary N) is 1. The van der Waals surface area contributed by atoms with Gasteiger partial charge in [0.15, 0.2) is 0 Å². The van der Waals surface area contributed by atoms with Gasteiger partial charge in [0.05, 0.1) is 13.2 Å². The Labute approximate surface area is 83.8 Å². The van der Waals surface area contributed by atoms with Crippen LogP contribution in [0.2, 0.25) is 0 Å². The van der Waals surface area contributed by atoms with E-state index in [2.05, 4.69) is 9.98 Å². The SMILES string of the molecule is NC1=NC(=NCCO)C([N+](=O)[O-])C(=O)N1. The lowest BCUT2D eigenvalue weighted by Crippen LogP contribution is -2.53. The van der Waals surface area contributed by atoms with Crippen LogP contribution in [0.3, 0.4) is 0 Å². The predicted molar refractivity (Wildman–Crippen MR) is 49.9 cm³/mol. The van der Waals surface area contributed by atoms with Gasteiger partial charge in [0, 0.05) is 4.92 Å². The zero-order valence-electron chi connectivity index (χ0n) is 7.58. The first-order chi connectivity index (χ1) is 7.06. The topological polar surface area (TPSA) is 143 Å². The van der Waals surface area contributed by atoms with E-state index in [4.69, 9.17) is 10.8 Å². The minimum absolute atomic E-state index is 0.0657. The number of aliphatic imine (C=N–C) groups is 2. The highest BCUT2D eigenvalue weighted by molar-refractivity contribution is 6.18. The summed E-state index contributed by atoms with van der Waals surface area (Å²) in [7, 11) is 0. The monoisotopic (exact) mass is 215 g/mol. The molecule has 9 heteroatoms. The Morgan fingerprint density at radius 3 is 2.93 bits per heavy atom. The van der Waals surface area contributed by atoms with Crippen molar-refractivity contribution in [1.82, 2.24) is 5.32 Å². The van der Waals surface area contributed by atoms with Gasteiger partial charge in [0.25, 0.3) is 0 Å². The summed E-state index contributed by atoms with van der Waals surface area (Å²) in [5, 5.41) is 21.1. The quantitative estimate of drug-likeness (QED) is 0.351. The third kappa shape index (κ3) is 2.47. The maximum atomic E-state index is 11.2. The number of amidine groups is 1. The Bertz CT molecular complexity index is 349. The standard InChI is InChI=1S/C6H9N5O4/c7-6-9-4(8-1-2-12)3(11(14)15)5(13)10-6/h3,12H,1-2H2,(H3,7,8,9,10,13). The fraction of sp³-hybridized carbons (Fsp3) is 0.500. The van der Waals surface area contributed by atoms with Gasteiger partial charge in [-0.15, -0.1) is 0 Å². The molecule has 1 atom stereocenters. The molecule has 82 valence electrons. The summed E-state index contributed by atoms with van der Waals surface area (Å²) in [6.45, 7) is -0.352. The van der Waals surface area contributed by atoms with E-state index in [0.29, 0.717) is 0 Å². The third-order valence-electron chi connectivity index (χ3n) is 1.56. The summed E-state index contributed by atoms with van der Waals surface area (Å²) in [5.41, 5.74) is 5.20. The molecule has 0 bridgehead atoms. The second-order valence-electron chi connectivity index (χ2n) is 2.64. The second kappa shape index (κ2) is 4.46. The number of aliphatic hydroxyl groups is 1. The Balaban J connectivity index is 3.01. The van der Waals surface area contributed by atoms with Gasteiger partial charge in [0.1, 0.15) is 0 Å². The van der Waals surface area contributed by atoms with Gasteiger partial charge in [-0.3, -0.25) is 25.2 Å². The summed E-state index contributed by atoms with van der Waals surface area (Å²) in [6, 6.07) is -1.66. The van der Waals surface area contributed by atoms with Crippen molar-refractivity contribution in [1.29, 1.82) is 0 Å². The van der Waals surface area contributed by atoms with E-state index in [1.54, 1.807) is 0 Å². The molecule has 0 saturated carbocycles. The van der Waals surface area contributed by atoms with Crippen molar-refractivity contribution in [3.63, 3.8) is 0 Å². The molecular weight excluding hydrogens is 206 g/mol. The van der Waals surface area contributed by atoms with Crippen LogP contribution in [-0.4, -0.2) is 46.9 Å². The van der Waals surface area contributed by atoms with E-state index in [1.807, 2.05) is 5.32 Å². The van der Waals surface area contributed by atoms with Crippen molar-refractivity contribution in [2.24, 2.45) is 15.7 Å². The maximum absolute atomic E-state index is 11.2. The number of nitro groups is 1. The number of carbonyl (C=O) groups excluding carboxylic acids is 1. The van der Waals surface area contributed by atoms with Gasteiger partial charge in [-0.05, 0) is 0 Å². The molecule has 0 aliphatic carbocycles. The highest BCUT2D eigenvalue weighted by Crippen LogP contribution is 2.01. The van der Waals surface area contributed by atoms with Gasteiger partial charge < -0.3 is 10.8 Å². The molecular formula is C6H9N5O4. The van der Waals surface area contributed by atoms with Gasteiger partial charge in [-0.25, -0.2) is 0 Å². The number of hydrogen-bond donors (Lipinski definition) is 3. The molecule has 1 aliphatic rings. The van der Waals surface area contributed by atoms with Gasteiger partial charge >= 0.3 is 11.9 Å². The number of aliphatic hydroxyl groups excluding tert-OH is 1. The molecule has 0 aromatic heterocycles. The van der Waals surface area contributed by atoms with E-state index in [0.717, 1.165) is 0 Å². The first-order valence-corrected chi connectivity index (χ1v) is 4.00.